The largest absolute Gasteiger partial charge is 0.385 e. The van der Waals surface area contributed by atoms with Crippen LogP contribution in [0.15, 0.2) is 41.7 Å². The molecule has 0 atom stereocenters. The molecule has 2 N–H and O–H groups in total. The summed E-state index contributed by atoms with van der Waals surface area (Å²) in [5.41, 5.74) is 2.81. The summed E-state index contributed by atoms with van der Waals surface area (Å²) in [5, 5.41) is 6.73. The number of para-hydroxylation sites is 1. The number of hydrogen-bond acceptors (Lipinski definition) is 5. The van der Waals surface area contributed by atoms with Crippen LogP contribution in [0.4, 0.5) is 5.69 Å². The average molecular weight is 330 g/mol. The lowest BCUT2D eigenvalue weighted by Crippen LogP contribution is -2.44. The maximum absolute atomic E-state index is 13.0. The molecule has 2 heterocycles. The molecule has 1 aromatic rings. The first-order valence-corrected chi connectivity index (χ1v) is 8.60. The molecule has 130 valence electrons. The van der Waals surface area contributed by atoms with E-state index in [-0.39, 0.29) is 5.91 Å². The third-order valence-corrected chi connectivity index (χ3v) is 4.45. The normalized spacial score (nSPS) is 18.5. The van der Waals surface area contributed by atoms with Crippen molar-refractivity contribution in [2.75, 3.05) is 57.9 Å². The zero-order valence-electron chi connectivity index (χ0n) is 14.3. The Balaban J connectivity index is 1.77. The highest BCUT2D eigenvalue weighted by atomic mass is 16.5. The van der Waals surface area contributed by atoms with Crippen LogP contribution in [0.25, 0.3) is 0 Å². The van der Waals surface area contributed by atoms with Gasteiger partial charge in [-0.3, -0.25) is 4.79 Å². The Morgan fingerprint density at radius 3 is 2.67 bits per heavy atom. The van der Waals surface area contributed by atoms with Crippen LogP contribution in [0.2, 0.25) is 0 Å². The number of methoxy groups -OCH3 is 1. The highest BCUT2D eigenvalue weighted by molar-refractivity contribution is 6.08. The summed E-state index contributed by atoms with van der Waals surface area (Å²) in [6.45, 7) is 5.87. The van der Waals surface area contributed by atoms with E-state index in [9.17, 15) is 4.79 Å². The number of piperazine rings is 1. The number of ether oxygens (including phenoxy) is 1. The second-order valence-corrected chi connectivity index (χ2v) is 6.06. The van der Waals surface area contributed by atoms with E-state index in [1.165, 1.54) is 0 Å². The number of nitrogens with zero attached hydrogens (tertiary/aromatic N) is 2. The number of amides is 1. The molecular formula is C18H26N4O2. The first-order valence-electron chi connectivity index (χ1n) is 8.60. The van der Waals surface area contributed by atoms with Crippen LogP contribution in [-0.2, 0) is 9.53 Å². The van der Waals surface area contributed by atoms with E-state index in [0.29, 0.717) is 13.2 Å². The molecule has 24 heavy (non-hydrogen) atoms. The molecule has 1 saturated heterocycles. The van der Waals surface area contributed by atoms with Crippen molar-refractivity contribution in [3.8, 4) is 0 Å². The first-order chi connectivity index (χ1) is 11.8. The molecule has 0 spiro atoms. The number of benzene rings is 1. The van der Waals surface area contributed by atoms with E-state index in [1.807, 2.05) is 35.2 Å². The molecule has 1 fully saturated rings. The number of nitrogens with one attached hydrogen (secondary N) is 2. The molecule has 6 nitrogen and oxygen atoms in total. The maximum atomic E-state index is 13.0. The number of hydrogen-bond donors (Lipinski definition) is 2. The molecule has 0 radical (unpaired) electrons. The van der Waals surface area contributed by atoms with Gasteiger partial charge < -0.3 is 25.2 Å². The minimum atomic E-state index is 0.0622. The number of anilines is 1. The van der Waals surface area contributed by atoms with Crippen molar-refractivity contribution in [3.05, 3.63) is 41.7 Å². The Morgan fingerprint density at radius 2 is 1.96 bits per heavy atom. The van der Waals surface area contributed by atoms with Gasteiger partial charge in [0, 0.05) is 52.1 Å². The van der Waals surface area contributed by atoms with Gasteiger partial charge in [0.05, 0.1) is 12.2 Å². The standard InChI is InChI=1S/C18H26N4O2/c1-24-13-5-8-20-17-16(21-11-9-19-10-12-21)14-22(18(17)23)15-6-3-2-4-7-15/h2-4,6-7,19-20H,5,8-14H2,1H3. The number of carbonyl (C=O) groups excluding carboxylic acids is 1. The molecule has 2 aliphatic heterocycles. The summed E-state index contributed by atoms with van der Waals surface area (Å²) < 4.78 is 5.10. The van der Waals surface area contributed by atoms with Crippen molar-refractivity contribution >= 4 is 11.6 Å². The SMILES string of the molecule is COCCCNC1=C(N2CCNCC2)CN(c2ccccc2)C1=O. The van der Waals surface area contributed by atoms with Crippen molar-refractivity contribution in [2.24, 2.45) is 0 Å². The Kier molecular flexibility index (Phi) is 5.72. The van der Waals surface area contributed by atoms with Gasteiger partial charge in [0.25, 0.3) is 5.91 Å². The predicted octanol–water partition coefficient (Wildman–Crippen LogP) is 0.776. The van der Waals surface area contributed by atoms with Gasteiger partial charge in [0.2, 0.25) is 0 Å². The lowest BCUT2D eigenvalue weighted by molar-refractivity contribution is -0.114. The summed E-state index contributed by atoms with van der Waals surface area (Å²) >= 11 is 0. The van der Waals surface area contributed by atoms with Gasteiger partial charge in [0.1, 0.15) is 5.70 Å². The van der Waals surface area contributed by atoms with Crippen molar-refractivity contribution in [1.29, 1.82) is 0 Å². The summed E-state index contributed by atoms with van der Waals surface area (Å²) in [6, 6.07) is 9.88. The van der Waals surface area contributed by atoms with E-state index in [4.69, 9.17) is 4.74 Å². The number of carbonyl (C=O) groups is 1. The van der Waals surface area contributed by atoms with Gasteiger partial charge in [-0.2, -0.15) is 0 Å². The van der Waals surface area contributed by atoms with E-state index in [1.54, 1.807) is 7.11 Å². The van der Waals surface area contributed by atoms with Crippen molar-refractivity contribution in [1.82, 2.24) is 15.5 Å². The molecule has 0 bridgehead atoms. The minimum absolute atomic E-state index is 0.0622. The van der Waals surface area contributed by atoms with Crippen LogP contribution in [0.1, 0.15) is 6.42 Å². The molecular weight excluding hydrogens is 304 g/mol. The first kappa shape index (κ1) is 16.8. The van der Waals surface area contributed by atoms with Crippen molar-refractivity contribution in [3.63, 3.8) is 0 Å². The third kappa shape index (κ3) is 3.71. The Hall–Kier alpha value is -2.05. The zero-order chi connectivity index (χ0) is 16.8. The van der Waals surface area contributed by atoms with E-state index < -0.39 is 0 Å². The van der Waals surface area contributed by atoms with Crippen molar-refractivity contribution in [2.45, 2.75) is 6.42 Å². The second kappa shape index (κ2) is 8.17. The van der Waals surface area contributed by atoms with Crippen LogP contribution in [0.3, 0.4) is 0 Å². The maximum Gasteiger partial charge on any atom is 0.276 e. The van der Waals surface area contributed by atoms with Gasteiger partial charge >= 0.3 is 0 Å². The highest BCUT2D eigenvalue weighted by Crippen LogP contribution is 2.26. The smallest absolute Gasteiger partial charge is 0.276 e. The van der Waals surface area contributed by atoms with Gasteiger partial charge in [-0.05, 0) is 18.6 Å². The van der Waals surface area contributed by atoms with E-state index in [0.717, 1.165) is 56.2 Å². The van der Waals surface area contributed by atoms with Crippen LogP contribution >= 0.6 is 0 Å². The van der Waals surface area contributed by atoms with E-state index in [2.05, 4.69) is 15.5 Å². The fourth-order valence-corrected chi connectivity index (χ4v) is 3.18. The van der Waals surface area contributed by atoms with Crippen LogP contribution in [-0.4, -0.2) is 63.8 Å². The topological polar surface area (TPSA) is 56.8 Å². The van der Waals surface area contributed by atoms with Crippen LogP contribution in [0, 0.1) is 0 Å². The number of rotatable bonds is 7. The lowest BCUT2D eigenvalue weighted by Gasteiger charge is -2.31. The highest BCUT2D eigenvalue weighted by Gasteiger charge is 2.34. The predicted molar refractivity (Wildman–Crippen MR) is 94.8 cm³/mol. The van der Waals surface area contributed by atoms with Gasteiger partial charge in [0.15, 0.2) is 0 Å². The molecule has 1 aromatic carbocycles. The fourth-order valence-electron chi connectivity index (χ4n) is 3.18. The third-order valence-electron chi connectivity index (χ3n) is 4.45. The van der Waals surface area contributed by atoms with Gasteiger partial charge in [-0.25, -0.2) is 0 Å². The van der Waals surface area contributed by atoms with E-state index >= 15 is 0 Å². The Morgan fingerprint density at radius 1 is 1.21 bits per heavy atom. The summed E-state index contributed by atoms with van der Waals surface area (Å²) in [4.78, 5) is 17.1. The zero-order valence-corrected chi connectivity index (χ0v) is 14.3. The molecule has 0 unspecified atom stereocenters. The monoisotopic (exact) mass is 330 g/mol. The molecule has 1 amide bonds. The quantitative estimate of drug-likeness (QED) is 0.724. The summed E-state index contributed by atoms with van der Waals surface area (Å²) in [6.07, 6.45) is 0.882. The lowest BCUT2D eigenvalue weighted by atomic mass is 10.2. The summed E-state index contributed by atoms with van der Waals surface area (Å²) in [5.74, 6) is 0.0622. The van der Waals surface area contributed by atoms with Crippen LogP contribution < -0.4 is 15.5 Å². The summed E-state index contributed by atoms with van der Waals surface area (Å²) in [7, 11) is 1.70. The Bertz CT molecular complexity index is 582. The van der Waals surface area contributed by atoms with Crippen molar-refractivity contribution < 1.29 is 9.53 Å². The average Bonchev–Trinajstić information content (AvgIpc) is 2.97. The second-order valence-electron chi connectivity index (χ2n) is 6.06. The molecule has 0 saturated carbocycles. The Labute approximate surface area is 143 Å². The molecule has 0 aliphatic carbocycles. The van der Waals surface area contributed by atoms with Gasteiger partial charge in [-0.15, -0.1) is 0 Å². The molecule has 0 aromatic heterocycles. The fraction of sp³-hybridized carbons (Fsp3) is 0.500. The molecule has 3 rings (SSSR count). The molecule has 6 heteroatoms. The van der Waals surface area contributed by atoms with Crippen LogP contribution in [0.5, 0.6) is 0 Å². The molecule has 2 aliphatic rings. The minimum Gasteiger partial charge on any atom is -0.385 e. The van der Waals surface area contributed by atoms with Gasteiger partial charge in [-0.1, -0.05) is 18.2 Å².